The Balaban J connectivity index is 0.00000337. The summed E-state index contributed by atoms with van der Waals surface area (Å²) in [7, 11) is 1.99. The number of aromatic nitrogens is 5. The molecule has 0 saturated carbocycles. The van der Waals surface area contributed by atoms with Gasteiger partial charge in [0.2, 0.25) is 0 Å². The number of pyridine rings is 1. The third-order valence-corrected chi connectivity index (χ3v) is 9.18. The molecule has 0 aliphatic carbocycles. The number of rotatable bonds is 6. The summed E-state index contributed by atoms with van der Waals surface area (Å²) in [4.78, 5) is 10.7. The Morgan fingerprint density at radius 1 is 1.05 bits per heavy atom. The van der Waals surface area contributed by atoms with Gasteiger partial charge in [0.1, 0.15) is 5.52 Å². The van der Waals surface area contributed by atoms with Gasteiger partial charge >= 0.3 is 12.1 Å². The molecule has 0 atom stereocenters. The van der Waals surface area contributed by atoms with E-state index >= 15 is 0 Å². The molecule has 0 radical (unpaired) electrons. The number of hydrogen-bond donors (Lipinski definition) is 0. The maximum atomic E-state index is 13.1. The first-order valence-electron chi connectivity index (χ1n) is 13.0. The number of thioether (sulfide) groups is 1. The van der Waals surface area contributed by atoms with Gasteiger partial charge in [0.25, 0.3) is 0 Å². The monoisotopic (exact) mass is 666 g/mol. The first-order valence-corrected chi connectivity index (χ1v) is 14.8. The summed E-state index contributed by atoms with van der Waals surface area (Å²) in [6, 6.07) is 11.9. The molecule has 0 saturated heterocycles. The number of halogens is 5. The predicted octanol–water partition coefficient (Wildman–Crippen LogP) is 7.27. The lowest BCUT2D eigenvalue weighted by Crippen LogP contribution is -2.27. The summed E-state index contributed by atoms with van der Waals surface area (Å²) in [5.74, 6) is 0.505. The molecule has 1 aliphatic rings. The molecule has 7 nitrogen and oxygen atoms in total. The molecule has 0 spiro atoms. The molecule has 0 fully saturated rings. The number of aryl methyl sites for hydroxylation is 1. The second-order valence-corrected chi connectivity index (χ2v) is 11.8. The number of nitrogens with zero attached hydrogens (tertiary/aromatic N) is 6. The SMILES string of the molecule is Cc1ccc2c(-c3nnc(SCCCN4CCc5cc6nc(C(F)(F)F)oc6c(Br)c5CC4)n3C)cccc2n1.Cl. The lowest BCUT2D eigenvalue weighted by atomic mass is 10.0. The van der Waals surface area contributed by atoms with Crippen molar-refractivity contribution in [3.63, 3.8) is 0 Å². The Morgan fingerprint density at radius 3 is 2.66 bits per heavy atom. The van der Waals surface area contributed by atoms with E-state index in [0.29, 0.717) is 4.47 Å². The van der Waals surface area contributed by atoms with Gasteiger partial charge in [-0.1, -0.05) is 30.0 Å². The van der Waals surface area contributed by atoms with Crippen LogP contribution in [0.4, 0.5) is 13.2 Å². The fourth-order valence-corrected chi connectivity index (χ4v) is 6.77. The minimum Gasteiger partial charge on any atom is -0.432 e. The third-order valence-electron chi connectivity index (χ3n) is 7.23. The van der Waals surface area contributed by atoms with Crippen molar-refractivity contribution in [2.45, 2.75) is 37.5 Å². The largest absolute Gasteiger partial charge is 0.468 e. The van der Waals surface area contributed by atoms with E-state index in [-0.39, 0.29) is 23.5 Å². The predicted molar refractivity (Wildman–Crippen MR) is 160 cm³/mol. The molecule has 0 bridgehead atoms. The number of hydrogen-bond acceptors (Lipinski definition) is 7. The molecule has 13 heteroatoms. The smallest absolute Gasteiger partial charge is 0.432 e. The van der Waals surface area contributed by atoms with Gasteiger partial charge in [-0.3, -0.25) is 4.98 Å². The molecular weight excluding hydrogens is 641 g/mol. The second kappa shape index (κ2) is 11.9. The zero-order valence-electron chi connectivity index (χ0n) is 22.3. The number of fused-ring (bicyclic) bond motifs is 3. The highest BCUT2D eigenvalue weighted by molar-refractivity contribution is 9.10. The van der Waals surface area contributed by atoms with Crippen molar-refractivity contribution < 1.29 is 17.6 Å². The molecule has 0 unspecified atom stereocenters. The summed E-state index contributed by atoms with van der Waals surface area (Å²) in [6.45, 7) is 4.56. The number of oxazole rings is 1. The molecule has 4 heterocycles. The molecule has 1 aliphatic heterocycles. The van der Waals surface area contributed by atoms with Crippen LogP contribution in [0.2, 0.25) is 0 Å². The maximum Gasteiger partial charge on any atom is 0.468 e. The normalized spacial score (nSPS) is 14.3. The average molecular weight is 668 g/mol. The van der Waals surface area contributed by atoms with Crippen molar-refractivity contribution in [3.8, 4) is 11.4 Å². The van der Waals surface area contributed by atoms with Gasteiger partial charge in [-0.25, -0.2) is 4.98 Å². The van der Waals surface area contributed by atoms with Crippen LogP contribution in [0, 0.1) is 6.92 Å². The highest BCUT2D eigenvalue weighted by Crippen LogP contribution is 2.37. The van der Waals surface area contributed by atoms with Gasteiger partial charge in [-0.05, 0) is 78.0 Å². The van der Waals surface area contributed by atoms with Crippen LogP contribution in [-0.2, 0) is 26.1 Å². The highest BCUT2D eigenvalue weighted by Gasteiger charge is 2.38. The Labute approximate surface area is 253 Å². The fourth-order valence-electron chi connectivity index (χ4n) is 5.19. The standard InChI is InChI=1S/C28H26BrF3N6OS.ClH/c1-16-7-8-19-20(5-3-6-21(19)33-16)25-35-36-27(37(25)2)40-14-4-11-38-12-9-17-15-22-24(23(29)18(17)10-13-38)39-26(34-22)28(30,31)32;/h3,5-8,15H,4,9-14H2,1-2H3;1H. The van der Waals surface area contributed by atoms with Crippen molar-refractivity contribution in [1.82, 2.24) is 29.6 Å². The first-order chi connectivity index (χ1) is 19.2. The molecule has 41 heavy (non-hydrogen) atoms. The number of alkyl halides is 3. The van der Waals surface area contributed by atoms with Crippen LogP contribution in [0.25, 0.3) is 33.4 Å². The minimum absolute atomic E-state index is 0. The van der Waals surface area contributed by atoms with E-state index < -0.39 is 12.1 Å². The molecule has 0 amide bonds. The summed E-state index contributed by atoms with van der Waals surface area (Å²) in [5.41, 5.74) is 5.35. The van der Waals surface area contributed by atoms with Crippen molar-refractivity contribution in [1.29, 1.82) is 0 Å². The lowest BCUT2D eigenvalue weighted by molar-refractivity contribution is -0.156. The third kappa shape index (κ3) is 5.97. The summed E-state index contributed by atoms with van der Waals surface area (Å²) < 4.78 is 46.9. The van der Waals surface area contributed by atoms with E-state index in [9.17, 15) is 13.2 Å². The van der Waals surface area contributed by atoms with Crippen LogP contribution in [-0.4, -0.2) is 55.0 Å². The van der Waals surface area contributed by atoms with Gasteiger partial charge in [-0.15, -0.1) is 22.6 Å². The molecular formula is C28H27BrClF3N6OS. The zero-order chi connectivity index (χ0) is 28.0. The van der Waals surface area contributed by atoms with Crippen LogP contribution < -0.4 is 0 Å². The van der Waals surface area contributed by atoms with Crippen LogP contribution in [0.15, 0.2) is 50.4 Å². The van der Waals surface area contributed by atoms with E-state index in [2.05, 4.69) is 53.1 Å². The van der Waals surface area contributed by atoms with Crippen molar-refractivity contribution in [3.05, 3.63) is 63.6 Å². The summed E-state index contributed by atoms with van der Waals surface area (Å²) in [6.07, 6.45) is -2.16. The Hall–Kier alpha value is -2.67. The average Bonchev–Trinajstić information content (AvgIpc) is 3.45. The van der Waals surface area contributed by atoms with Gasteiger partial charge in [0.05, 0.1) is 9.99 Å². The summed E-state index contributed by atoms with van der Waals surface area (Å²) in [5, 5.41) is 10.9. The van der Waals surface area contributed by atoms with Crippen molar-refractivity contribution >= 4 is 62.1 Å². The Kier molecular flexibility index (Phi) is 8.66. The van der Waals surface area contributed by atoms with Gasteiger partial charge < -0.3 is 13.9 Å². The van der Waals surface area contributed by atoms with Gasteiger partial charge in [-0.2, -0.15) is 13.2 Å². The van der Waals surface area contributed by atoms with Crippen LogP contribution >= 0.6 is 40.1 Å². The maximum absolute atomic E-state index is 13.1. The van der Waals surface area contributed by atoms with E-state index in [1.165, 1.54) is 0 Å². The van der Waals surface area contributed by atoms with E-state index in [0.717, 1.165) is 88.9 Å². The van der Waals surface area contributed by atoms with E-state index in [4.69, 9.17) is 4.42 Å². The molecule has 5 aromatic rings. The number of benzene rings is 2. The molecule has 0 N–H and O–H groups in total. The topological polar surface area (TPSA) is 72.9 Å². The summed E-state index contributed by atoms with van der Waals surface area (Å²) >= 11 is 5.18. The second-order valence-electron chi connectivity index (χ2n) is 9.93. The van der Waals surface area contributed by atoms with Crippen LogP contribution in [0.5, 0.6) is 0 Å². The van der Waals surface area contributed by atoms with E-state index in [1.807, 2.05) is 36.7 Å². The van der Waals surface area contributed by atoms with Crippen LogP contribution in [0.1, 0.15) is 29.1 Å². The minimum atomic E-state index is -4.61. The van der Waals surface area contributed by atoms with Gasteiger partial charge in [0.15, 0.2) is 16.6 Å². The molecule has 2 aromatic carbocycles. The molecule has 3 aromatic heterocycles. The lowest BCUT2D eigenvalue weighted by Gasteiger charge is -2.19. The Morgan fingerprint density at radius 2 is 1.85 bits per heavy atom. The zero-order valence-corrected chi connectivity index (χ0v) is 25.6. The van der Waals surface area contributed by atoms with Gasteiger partial charge in [0, 0.05) is 42.5 Å². The fraction of sp³-hybridized carbons (Fsp3) is 0.357. The molecule has 6 rings (SSSR count). The van der Waals surface area contributed by atoms with Crippen molar-refractivity contribution in [2.75, 3.05) is 25.4 Å². The molecule has 216 valence electrons. The van der Waals surface area contributed by atoms with Crippen LogP contribution in [0.3, 0.4) is 0 Å². The highest BCUT2D eigenvalue weighted by atomic mass is 79.9. The first kappa shape index (κ1) is 29.8. The quantitative estimate of drug-likeness (QED) is 0.139. The Bertz CT molecular complexity index is 1720. The van der Waals surface area contributed by atoms with E-state index in [1.54, 1.807) is 17.8 Å². The van der Waals surface area contributed by atoms with Crippen molar-refractivity contribution in [2.24, 2.45) is 7.05 Å².